The Kier molecular flexibility index (Phi) is 4.60. The number of fused-ring (bicyclic) bond motifs is 1. The van der Waals surface area contributed by atoms with Gasteiger partial charge in [-0.05, 0) is 54.6 Å². The molecular formula is C22H16N2O4. The molecule has 0 aliphatic heterocycles. The molecule has 0 spiro atoms. The van der Waals surface area contributed by atoms with Gasteiger partial charge in [0.2, 0.25) is 0 Å². The van der Waals surface area contributed by atoms with E-state index in [0.29, 0.717) is 33.7 Å². The van der Waals surface area contributed by atoms with Gasteiger partial charge in [-0.2, -0.15) is 0 Å². The van der Waals surface area contributed by atoms with Crippen LogP contribution in [-0.4, -0.2) is 18.0 Å². The predicted octanol–water partition coefficient (Wildman–Crippen LogP) is 4.12. The SMILES string of the molecule is COc1ccc2oc(-c3ccc(NC(=O)c4ccncc4)cc3)cc(=O)c2c1. The molecule has 138 valence electrons. The maximum Gasteiger partial charge on any atom is 0.255 e. The van der Waals surface area contributed by atoms with Gasteiger partial charge in [-0.25, -0.2) is 0 Å². The van der Waals surface area contributed by atoms with Gasteiger partial charge < -0.3 is 14.5 Å². The normalized spacial score (nSPS) is 10.6. The van der Waals surface area contributed by atoms with Crippen molar-refractivity contribution in [3.8, 4) is 17.1 Å². The standard InChI is InChI=1S/C22H16N2O4/c1-27-17-6-7-20-18(12-17)19(25)13-21(28-20)14-2-4-16(5-3-14)24-22(26)15-8-10-23-11-9-15/h2-13H,1H3,(H,24,26). The Bertz CT molecular complexity index is 1200. The van der Waals surface area contributed by atoms with Crippen molar-refractivity contribution in [3.05, 3.63) is 88.8 Å². The summed E-state index contributed by atoms with van der Waals surface area (Å²) in [5, 5.41) is 3.28. The average Bonchev–Trinajstić information content (AvgIpc) is 2.74. The van der Waals surface area contributed by atoms with Crippen molar-refractivity contribution in [2.45, 2.75) is 0 Å². The van der Waals surface area contributed by atoms with E-state index in [0.717, 1.165) is 5.56 Å². The average molecular weight is 372 g/mol. The highest BCUT2D eigenvalue weighted by Gasteiger charge is 2.09. The van der Waals surface area contributed by atoms with Crippen LogP contribution >= 0.6 is 0 Å². The second kappa shape index (κ2) is 7.36. The summed E-state index contributed by atoms with van der Waals surface area (Å²) in [6, 6.07) is 16.9. The number of rotatable bonds is 4. The topological polar surface area (TPSA) is 81.4 Å². The van der Waals surface area contributed by atoms with Gasteiger partial charge in [-0.1, -0.05) is 0 Å². The van der Waals surface area contributed by atoms with Crippen LogP contribution in [-0.2, 0) is 0 Å². The summed E-state index contributed by atoms with van der Waals surface area (Å²) in [6.07, 6.45) is 3.13. The molecule has 0 saturated carbocycles. The van der Waals surface area contributed by atoms with E-state index in [9.17, 15) is 9.59 Å². The predicted molar refractivity (Wildman–Crippen MR) is 107 cm³/mol. The lowest BCUT2D eigenvalue weighted by molar-refractivity contribution is 0.102. The van der Waals surface area contributed by atoms with Crippen LogP contribution in [0, 0.1) is 0 Å². The first-order chi connectivity index (χ1) is 13.6. The molecule has 4 aromatic rings. The zero-order valence-electron chi connectivity index (χ0n) is 15.0. The molecule has 0 radical (unpaired) electrons. The number of methoxy groups -OCH3 is 1. The van der Waals surface area contributed by atoms with E-state index in [2.05, 4.69) is 10.3 Å². The van der Waals surface area contributed by atoms with Gasteiger partial charge >= 0.3 is 0 Å². The molecule has 0 saturated heterocycles. The van der Waals surface area contributed by atoms with Crippen LogP contribution in [0.15, 0.2) is 82.3 Å². The summed E-state index contributed by atoms with van der Waals surface area (Å²) < 4.78 is 11.0. The van der Waals surface area contributed by atoms with E-state index in [1.165, 1.54) is 6.07 Å². The zero-order chi connectivity index (χ0) is 19.5. The molecule has 4 rings (SSSR count). The summed E-state index contributed by atoms with van der Waals surface area (Å²) in [4.78, 5) is 28.5. The third kappa shape index (κ3) is 3.48. The van der Waals surface area contributed by atoms with Crippen LogP contribution in [0.5, 0.6) is 5.75 Å². The highest BCUT2D eigenvalue weighted by Crippen LogP contribution is 2.25. The van der Waals surface area contributed by atoms with Gasteiger partial charge in [-0.15, -0.1) is 0 Å². The minimum absolute atomic E-state index is 0.148. The molecule has 0 atom stereocenters. The monoisotopic (exact) mass is 372 g/mol. The molecule has 1 amide bonds. The summed E-state index contributed by atoms with van der Waals surface area (Å²) in [6.45, 7) is 0. The molecule has 2 heterocycles. The minimum atomic E-state index is -0.221. The number of aromatic nitrogens is 1. The fourth-order valence-electron chi connectivity index (χ4n) is 2.83. The first-order valence-electron chi connectivity index (χ1n) is 8.58. The number of amides is 1. The first-order valence-corrected chi connectivity index (χ1v) is 8.58. The Labute approximate surface area is 160 Å². The molecule has 0 unspecified atom stereocenters. The molecule has 2 aromatic carbocycles. The molecule has 2 aromatic heterocycles. The second-order valence-electron chi connectivity index (χ2n) is 6.10. The Morgan fingerprint density at radius 2 is 1.75 bits per heavy atom. The number of carbonyl (C=O) groups is 1. The maximum atomic E-state index is 12.4. The molecule has 28 heavy (non-hydrogen) atoms. The molecule has 0 aliphatic rings. The summed E-state index contributed by atoms with van der Waals surface area (Å²) in [5.74, 6) is 0.831. The highest BCUT2D eigenvalue weighted by atomic mass is 16.5. The van der Waals surface area contributed by atoms with Crippen LogP contribution in [0.3, 0.4) is 0 Å². The third-order valence-electron chi connectivity index (χ3n) is 4.30. The third-order valence-corrected chi connectivity index (χ3v) is 4.30. The van der Waals surface area contributed by atoms with Gasteiger partial charge in [-0.3, -0.25) is 14.6 Å². The van der Waals surface area contributed by atoms with E-state index in [-0.39, 0.29) is 11.3 Å². The van der Waals surface area contributed by atoms with Crippen molar-refractivity contribution in [1.29, 1.82) is 0 Å². The smallest absolute Gasteiger partial charge is 0.255 e. The molecule has 6 heteroatoms. The lowest BCUT2D eigenvalue weighted by atomic mass is 10.1. The lowest BCUT2D eigenvalue weighted by Gasteiger charge is -2.07. The van der Waals surface area contributed by atoms with Crippen LogP contribution in [0.25, 0.3) is 22.3 Å². The van der Waals surface area contributed by atoms with Crippen molar-refractivity contribution in [1.82, 2.24) is 4.98 Å². The summed E-state index contributed by atoms with van der Waals surface area (Å²) >= 11 is 0. The largest absolute Gasteiger partial charge is 0.497 e. The number of pyridine rings is 1. The van der Waals surface area contributed by atoms with Crippen molar-refractivity contribution >= 4 is 22.6 Å². The Balaban J connectivity index is 1.60. The zero-order valence-corrected chi connectivity index (χ0v) is 15.0. The number of benzene rings is 2. The fourth-order valence-corrected chi connectivity index (χ4v) is 2.83. The molecule has 6 nitrogen and oxygen atoms in total. The van der Waals surface area contributed by atoms with Gasteiger partial charge in [0.15, 0.2) is 5.43 Å². The van der Waals surface area contributed by atoms with Crippen molar-refractivity contribution in [3.63, 3.8) is 0 Å². The Morgan fingerprint density at radius 3 is 2.46 bits per heavy atom. The number of hydrogen-bond acceptors (Lipinski definition) is 5. The molecule has 0 aliphatic carbocycles. The number of ether oxygens (including phenoxy) is 1. The van der Waals surface area contributed by atoms with E-state index >= 15 is 0 Å². The van der Waals surface area contributed by atoms with Crippen LogP contribution < -0.4 is 15.5 Å². The van der Waals surface area contributed by atoms with Crippen LogP contribution in [0.4, 0.5) is 5.69 Å². The molecule has 1 N–H and O–H groups in total. The van der Waals surface area contributed by atoms with E-state index in [1.807, 2.05) is 0 Å². The van der Waals surface area contributed by atoms with Gasteiger partial charge in [0.05, 0.1) is 12.5 Å². The number of hydrogen-bond donors (Lipinski definition) is 1. The van der Waals surface area contributed by atoms with Crippen molar-refractivity contribution in [2.24, 2.45) is 0 Å². The first kappa shape index (κ1) is 17.5. The minimum Gasteiger partial charge on any atom is -0.497 e. The van der Waals surface area contributed by atoms with Crippen LogP contribution in [0.1, 0.15) is 10.4 Å². The second-order valence-corrected chi connectivity index (χ2v) is 6.10. The van der Waals surface area contributed by atoms with Crippen LogP contribution in [0.2, 0.25) is 0 Å². The number of nitrogens with zero attached hydrogens (tertiary/aromatic N) is 1. The Hall–Kier alpha value is -3.93. The van der Waals surface area contributed by atoms with E-state index in [4.69, 9.17) is 9.15 Å². The van der Waals surface area contributed by atoms with Crippen molar-refractivity contribution < 1.29 is 13.9 Å². The number of anilines is 1. The van der Waals surface area contributed by atoms with Crippen molar-refractivity contribution in [2.75, 3.05) is 12.4 Å². The molecular weight excluding hydrogens is 356 g/mol. The van der Waals surface area contributed by atoms with Gasteiger partial charge in [0, 0.05) is 35.3 Å². The lowest BCUT2D eigenvalue weighted by Crippen LogP contribution is -2.11. The Morgan fingerprint density at radius 1 is 1.00 bits per heavy atom. The molecule has 0 bridgehead atoms. The number of carbonyl (C=O) groups excluding carboxylic acids is 1. The van der Waals surface area contributed by atoms with E-state index < -0.39 is 0 Å². The van der Waals surface area contributed by atoms with E-state index in [1.54, 1.807) is 74.1 Å². The molecule has 0 fully saturated rings. The van der Waals surface area contributed by atoms with Gasteiger partial charge in [0.1, 0.15) is 17.1 Å². The van der Waals surface area contributed by atoms with Gasteiger partial charge in [0.25, 0.3) is 5.91 Å². The maximum absolute atomic E-state index is 12.4. The quantitative estimate of drug-likeness (QED) is 0.583. The highest BCUT2D eigenvalue weighted by molar-refractivity contribution is 6.04. The summed E-state index contributed by atoms with van der Waals surface area (Å²) in [5.41, 5.74) is 2.23. The number of nitrogens with one attached hydrogen (secondary N) is 1. The summed E-state index contributed by atoms with van der Waals surface area (Å²) in [7, 11) is 1.55. The fraction of sp³-hybridized carbons (Fsp3) is 0.0455.